The Balaban J connectivity index is 1.64. The number of hydrogen-bond acceptors (Lipinski definition) is 4. The van der Waals surface area contributed by atoms with E-state index in [-0.39, 0.29) is 16.9 Å². The van der Waals surface area contributed by atoms with E-state index in [1.54, 1.807) is 79.9 Å². The van der Waals surface area contributed by atoms with Crippen molar-refractivity contribution >= 4 is 28.0 Å². The maximum absolute atomic E-state index is 14.4. The minimum absolute atomic E-state index is 0.0685. The average Bonchev–Trinajstić information content (AvgIpc) is 3.32. The Morgan fingerprint density at radius 3 is 2.42 bits per heavy atom. The molecule has 0 atom stereocenters. The third-order valence-electron chi connectivity index (χ3n) is 6.07. The van der Waals surface area contributed by atoms with Gasteiger partial charge in [-0.3, -0.25) is 9.89 Å². The molecular weight excluding hydrogens is 524 g/mol. The van der Waals surface area contributed by atoms with E-state index in [1.165, 1.54) is 12.1 Å². The predicted octanol–water partition coefficient (Wildman–Crippen LogP) is 5.88. The van der Waals surface area contributed by atoms with E-state index in [0.29, 0.717) is 53.2 Å². The molecule has 10 heteroatoms. The van der Waals surface area contributed by atoms with Crippen LogP contribution in [0, 0.1) is 5.95 Å². The van der Waals surface area contributed by atoms with Crippen LogP contribution in [0.15, 0.2) is 84.9 Å². The fourth-order valence-corrected chi connectivity index (χ4v) is 4.22. The highest BCUT2D eigenvalue weighted by Crippen LogP contribution is 2.40. The van der Waals surface area contributed by atoms with Crippen LogP contribution in [-0.4, -0.2) is 49.0 Å². The number of amides is 1. The first-order chi connectivity index (χ1) is 19.2. The van der Waals surface area contributed by atoms with E-state index in [1.807, 2.05) is 0 Å². The van der Waals surface area contributed by atoms with Crippen molar-refractivity contribution in [1.29, 1.82) is 0 Å². The van der Waals surface area contributed by atoms with Crippen molar-refractivity contribution in [2.45, 2.75) is 12.6 Å². The van der Waals surface area contributed by atoms with Crippen molar-refractivity contribution in [3.8, 4) is 5.75 Å². The second kappa shape index (κ2) is 13.1. The molecule has 40 heavy (non-hydrogen) atoms. The number of carbonyl (C=O) groups is 1. The molecule has 1 aromatic heterocycles. The Morgan fingerprint density at radius 2 is 1.73 bits per heavy atom. The van der Waals surface area contributed by atoms with Gasteiger partial charge in [0.1, 0.15) is 12.4 Å². The number of alkyl halides is 3. The molecule has 1 amide bonds. The fraction of sp³-hybridized carbons (Fsp3) is 0.200. The van der Waals surface area contributed by atoms with E-state index >= 15 is 0 Å². The highest BCUT2D eigenvalue weighted by Gasteiger charge is 2.31. The van der Waals surface area contributed by atoms with Gasteiger partial charge in [0.25, 0.3) is 0 Å². The van der Waals surface area contributed by atoms with Crippen molar-refractivity contribution < 1.29 is 27.1 Å². The van der Waals surface area contributed by atoms with Crippen molar-refractivity contribution in [1.82, 2.24) is 20.8 Å². The molecule has 1 heterocycles. The molecule has 4 rings (SSSR count). The molecule has 4 aromatic rings. The fourth-order valence-electron chi connectivity index (χ4n) is 4.22. The molecule has 0 unspecified atom stereocenters. The minimum atomic E-state index is -4.48. The Morgan fingerprint density at radius 1 is 1.00 bits per heavy atom. The number of H-pyrrole nitrogens is 1. The summed E-state index contributed by atoms with van der Waals surface area (Å²) in [5.41, 5.74) is 2.15. The largest absolute Gasteiger partial charge is 0.492 e. The number of halogens is 4. The van der Waals surface area contributed by atoms with Crippen LogP contribution in [0.25, 0.3) is 22.0 Å². The van der Waals surface area contributed by atoms with E-state index in [2.05, 4.69) is 20.8 Å². The van der Waals surface area contributed by atoms with Gasteiger partial charge in [-0.1, -0.05) is 54.6 Å². The molecule has 0 fully saturated rings. The molecule has 208 valence electrons. The van der Waals surface area contributed by atoms with E-state index in [0.717, 1.165) is 0 Å². The lowest BCUT2D eigenvalue weighted by atomic mass is 9.87. The van der Waals surface area contributed by atoms with E-state index < -0.39 is 18.5 Å². The first kappa shape index (κ1) is 28.6. The van der Waals surface area contributed by atoms with E-state index in [9.17, 15) is 22.4 Å². The van der Waals surface area contributed by atoms with E-state index in [4.69, 9.17) is 4.74 Å². The topological polar surface area (TPSA) is 79.0 Å². The van der Waals surface area contributed by atoms with Crippen LogP contribution in [0.2, 0.25) is 0 Å². The van der Waals surface area contributed by atoms with Gasteiger partial charge in [0.15, 0.2) is 0 Å². The summed E-state index contributed by atoms with van der Waals surface area (Å²) in [5.74, 6) is -0.305. The summed E-state index contributed by atoms with van der Waals surface area (Å²) in [5, 5.41) is 12.0. The molecule has 3 N–H and O–H groups in total. The lowest BCUT2D eigenvalue weighted by Crippen LogP contribution is -2.21. The van der Waals surface area contributed by atoms with Gasteiger partial charge >= 0.3 is 6.18 Å². The van der Waals surface area contributed by atoms with Gasteiger partial charge in [0, 0.05) is 26.2 Å². The molecule has 0 bridgehead atoms. The number of fused-ring (bicyclic) bond motifs is 1. The number of nitrogens with one attached hydrogen (secondary N) is 3. The summed E-state index contributed by atoms with van der Waals surface area (Å²) in [7, 11) is 1.55. The zero-order valence-corrected chi connectivity index (χ0v) is 21.7. The quantitative estimate of drug-likeness (QED) is 0.0940. The first-order valence-electron chi connectivity index (χ1n) is 12.6. The third-order valence-corrected chi connectivity index (χ3v) is 6.07. The van der Waals surface area contributed by atoms with Gasteiger partial charge in [0.05, 0.1) is 17.3 Å². The molecule has 0 saturated carbocycles. The predicted molar refractivity (Wildman–Crippen MR) is 147 cm³/mol. The highest BCUT2D eigenvalue weighted by atomic mass is 19.4. The molecule has 3 aromatic carbocycles. The van der Waals surface area contributed by atoms with Crippen LogP contribution in [0.4, 0.5) is 17.6 Å². The summed E-state index contributed by atoms with van der Waals surface area (Å²) in [4.78, 5) is 11.2. The monoisotopic (exact) mass is 552 g/mol. The van der Waals surface area contributed by atoms with Crippen LogP contribution in [-0.2, 0) is 4.79 Å². The standard InChI is InChI=1S/C30H28F4N4O2/c1-35-27(39)8-5-15-36-16-17-40-23-12-9-21(10-13-23)28(22-11-14-26-24(18-22)29(31)38-37-26)25(19-30(32,33)34)20-6-3-2-4-7-20/h2-14,18,36H,15-17,19H2,1H3,(H,35,39)(H,37,38)/b8-5+,28-25+. The molecule has 0 spiro atoms. The number of nitrogens with zero attached hydrogens (tertiary/aromatic N) is 1. The minimum Gasteiger partial charge on any atom is -0.492 e. The molecule has 6 nitrogen and oxygen atoms in total. The van der Waals surface area contributed by atoms with Crippen molar-refractivity contribution in [2.75, 3.05) is 26.7 Å². The first-order valence-corrected chi connectivity index (χ1v) is 12.6. The zero-order valence-electron chi connectivity index (χ0n) is 21.7. The van der Waals surface area contributed by atoms with Crippen LogP contribution >= 0.6 is 0 Å². The lowest BCUT2D eigenvalue weighted by Gasteiger charge is -2.19. The maximum atomic E-state index is 14.4. The second-order valence-corrected chi connectivity index (χ2v) is 8.87. The highest BCUT2D eigenvalue weighted by molar-refractivity contribution is 6.00. The normalized spacial score (nSPS) is 12.5. The lowest BCUT2D eigenvalue weighted by molar-refractivity contribution is -0.123. The molecule has 0 radical (unpaired) electrons. The van der Waals surface area contributed by atoms with Gasteiger partial charge < -0.3 is 15.4 Å². The number of hydrogen-bond donors (Lipinski definition) is 3. The number of allylic oxidation sites excluding steroid dienone is 1. The third kappa shape index (κ3) is 7.57. The number of aromatic amines is 1. The number of ether oxygens (including phenoxy) is 1. The summed E-state index contributed by atoms with van der Waals surface area (Å²) in [6.07, 6.45) is -2.53. The average molecular weight is 553 g/mol. The molecule has 0 saturated heterocycles. The molecule has 0 aliphatic rings. The Hall–Kier alpha value is -4.44. The number of rotatable bonds is 11. The van der Waals surface area contributed by atoms with Gasteiger partial charge in [-0.05, 0) is 52.1 Å². The zero-order chi connectivity index (χ0) is 28.5. The second-order valence-electron chi connectivity index (χ2n) is 8.87. The van der Waals surface area contributed by atoms with Gasteiger partial charge in [0.2, 0.25) is 11.9 Å². The smallest absolute Gasteiger partial charge is 0.393 e. The number of aromatic nitrogens is 2. The van der Waals surface area contributed by atoms with Gasteiger partial charge in [-0.15, -0.1) is 0 Å². The van der Waals surface area contributed by atoms with Crippen molar-refractivity contribution in [3.05, 3.63) is 108 Å². The summed E-state index contributed by atoms with van der Waals surface area (Å²) < 4.78 is 61.7. The Kier molecular flexibility index (Phi) is 9.34. The van der Waals surface area contributed by atoms with Crippen molar-refractivity contribution in [2.24, 2.45) is 0 Å². The van der Waals surface area contributed by atoms with Gasteiger partial charge in [-0.2, -0.15) is 22.7 Å². The summed E-state index contributed by atoms with van der Waals surface area (Å²) in [6.45, 7) is 1.35. The Bertz CT molecular complexity index is 1490. The molecule has 0 aliphatic carbocycles. The molecule has 0 aliphatic heterocycles. The number of carbonyl (C=O) groups excluding carboxylic acids is 1. The number of benzene rings is 3. The Labute approximate surface area is 228 Å². The SMILES string of the molecule is CNC(=O)/C=C/CNCCOc1ccc(/C(=C(/CC(F)(F)F)c2ccccc2)c2ccc3n[nH]c(F)c3c2)cc1. The summed E-state index contributed by atoms with van der Waals surface area (Å²) >= 11 is 0. The summed E-state index contributed by atoms with van der Waals surface area (Å²) in [6, 6.07) is 19.9. The number of likely N-dealkylation sites (N-methyl/N-ethyl adjacent to an activating group) is 1. The van der Waals surface area contributed by atoms with Crippen LogP contribution in [0.1, 0.15) is 23.1 Å². The maximum Gasteiger partial charge on any atom is 0.393 e. The van der Waals surface area contributed by atoms with Gasteiger partial charge in [-0.25, -0.2) is 0 Å². The van der Waals surface area contributed by atoms with Crippen molar-refractivity contribution in [3.63, 3.8) is 0 Å². The van der Waals surface area contributed by atoms with Crippen LogP contribution < -0.4 is 15.4 Å². The molecular formula is C30H28F4N4O2. The van der Waals surface area contributed by atoms with Crippen LogP contribution in [0.3, 0.4) is 0 Å². The van der Waals surface area contributed by atoms with Crippen LogP contribution in [0.5, 0.6) is 5.75 Å².